The third kappa shape index (κ3) is 3.15. The van der Waals surface area contributed by atoms with Crippen LogP contribution < -0.4 is 5.32 Å². The van der Waals surface area contributed by atoms with Crippen molar-refractivity contribution in [2.45, 2.75) is 38.6 Å². The number of carbonyl (C=O) groups is 1. The summed E-state index contributed by atoms with van der Waals surface area (Å²) < 4.78 is 1.83. The molecule has 4 heteroatoms. The Morgan fingerprint density at radius 3 is 2.81 bits per heavy atom. The fourth-order valence-electron chi connectivity index (χ4n) is 2.84. The molecule has 0 aliphatic heterocycles. The molecule has 1 N–H and O–H groups in total. The summed E-state index contributed by atoms with van der Waals surface area (Å²) in [5, 5.41) is 7.20. The third-order valence-electron chi connectivity index (χ3n) is 4.02. The second-order valence-electron chi connectivity index (χ2n) is 6.02. The van der Waals surface area contributed by atoms with Gasteiger partial charge in [0.2, 0.25) is 5.91 Å². The normalized spacial score (nSPS) is 20.5. The lowest BCUT2D eigenvalue weighted by atomic mass is 10.1. The van der Waals surface area contributed by atoms with E-state index in [0.29, 0.717) is 18.3 Å². The summed E-state index contributed by atoms with van der Waals surface area (Å²) in [6.45, 7) is 4.10. The van der Waals surface area contributed by atoms with Crippen molar-refractivity contribution in [1.29, 1.82) is 0 Å². The van der Waals surface area contributed by atoms with E-state index in [0.717, 1.165) is 12.2 Å². The van der Waals surface area contributed by atoms with Crippen LogP contribution in [-0.4, -0.2) is 15.7 Å². The number of anilines is 1. The van der Waals surface area contributed by atoms with Gasteiger partial charge in [0.1, 0.15) is 5.82 Å². The van der Waals surface area contributed by atoms with E-state index in [1.807, 2.05) is 16.8 Å². The van der Waals surface area contributed by atoms with Crippen molar-refractivity contribution < 1.29 is 4.79 Å². The maximum Gasteiger partial charge on any atom is 0.225 e. The average Bonchev–Trinajstić information content (AvgIpc) is 3.06. The molecule has 0 saturated heterocycles. The Morgan fingerprint density at radius 2 is 2.10 bits per heavy atom. The Morgan fingerprint density at radius 1 is 1.33 bits per heavy atom. The van der Waals surface area contributed by atoms with Gasteiger partial charge >= 0.3 is 0 Å². The van der Waals surface area contributed by atoms with Crippen molar-refractivity contribution in [2.24, 2.45) is 5.92 Å². The van der Waals surface area contributed by atoms with Gasteiger partial charge < -0.3 is 5.32 Å². The van der Waals surface area contributed by atoms with Gasteiger partial charge in [0.05, 0.1) is 6.20 Å². The summed E-state index contributed by atoms with van der Waals surface area (Å²) in [6, 6.07) is 12.5. The summed E-state index contributed by atoms with van der Waals surface area (Å²) in [5.74, 6) is 1.89. The summed E-state index contributed by atoms with van der Waals surface area (Å²) >= 11 is 0. The second-order valence-corrected chi connectivity index (χ2v) is 6.02. The number of hydrogen-bond donors (Lipinski definition) is 1. The highest BCUT2D eigenvalue weighted by atomic mass is 16.1. The third-order valence-corrected chi connectivity index (χ3v) is 4.02. The maximum atomic E-state index is 12.2. The Kier molecular flexibility index (Phi) is 3.78. The monoisotopic (exact) mass is 283 g/mol. The first-order valence-corrected chi connectivity index (χ1v) is 7.53. The minimum absolute atomic E-state index is 0.0841. The zero-order valence-corrected chi connectivity index (χ0v) is 12.5. The van der Waals surface area contributed by atoms with Gasteiger partial charge in [-0.3, -0.25) is 4.79 Å². The number of aromatic nitrogens is 2. The molecule has 1 heterocycles. The van der Waals surface area contributed by atoms with Crippen LogP contribution in [0.4, 0.5) is 5.82 Å². The van der Waals surface area contributed by atoms with Crippen LogP contribution in [0.5, 0.6) is 0 Å². The molecule has 21 heavy (non-hydrogen) atoms. The molecule has 2 aromatic rings. The van der Waals surface area contributed by atoms with Crippen LogP contribution in [0.1, 0.15) is 44.2 Å². The fourth-order valence-corrected chi connectivity index (χ4v) is 2.84. The minimum Gasteiger partial charge on any atom is -0.311 e. The average molecular weight is 283 g/mol. The van der Waals surface area contributed by atoms with E-state index >= 15 is 0 Å². The number of benzene rings is 1. The van der Waals surface area contributed by atoms with Crippen LogP contribution in [0.3, 0.4) is 0 Å². The second kappa shape index (κ2) is 5.72. The number of nitrogens with zero attached hydrogens (tertiary/aromatic N) is 2. The largest absolute Gasteiger partial charge is 0.311 e. The van der Waals surface area contributed by atoms with Gasteiger partial charge in [-0.25, -0.2) is 4.68 Å². The van der Waals surface area contributed by atoms with Gasteiger partial charge in [-0.15, -0.1) is 0 Å². The highest BCUT2D eigenvalue weighted by Gasteiger charge is 2.39. The van der Waals surface area contributed by atoms with Gasteiger partial charge in [0.15, 0.2) is 0 Å². The molecule has 3 rings (SSSR count). The van der Waals surface area contributed by atoms with E-state index < -0.39 is 0 Å². The van der Waals surface area contributed by atoms with Crippen molar-refractivity contribution >= 4 is 11.7 Å². The lowest BCUT2D eigenvalue weighted by Gasteiger charge is -2.11. The number of carbonyl (C=O) groups excluding carboxylic acids is 1. The van der Waals surface area contributed by atoms with E-state index in [1.54, 1.807) is 6.20 Å². The lowest BCUT2D eigenvalue weighted by Crippen LogP contribution is -2.17. The molecule has 1 aromatic heterocycles. The molecule has 1 aromatic carbocycles. The molecule has 0 spiro atoms. The van der Waals surface area contributed by atoms with Crippen LogP contribution >= 0.6 is 0 Å². The van der Waals surface area contributed by atoms with Crippen LogP contribution in [0.25, 0.3) is 0 Å². The minimum atomic E-state index is 0.0841. The molecular weight excluding hydrogens is 262 g/mol. The molecule has 1 amide bonds. The molecule has 0 unspecified atom stereocenters. The molecule has 1 saturated carbocycles. The Labute approximate surface area is 125 Å². The number of rotatable bonds is 5. The van der Waals surface area contributed by atoms with E-state index in [4.69, 9.17) is 0 Å². The van der Waals surface area contributed by atoms with Gasteiger partial charge in [0, 0.05) is 18.5 Å². The topological polar surface area (TPSA) is 46.9 Å². The first kappa shape index (κ1) is 13.9. The summed E-state index contributed by atoms with van der Waals surface area (Å²) in [5.41, 5.74) is 1.35. The molecule has 1 aliphatic rings. The first-order valence-electron chi connectivity index (χ1n) is 7.53. The molecule has 4 nitrogen and oxygen atoms in total. The maximum absolute atomic E-state index is 12.2. The summed E-state index contributed by atoms with van der Waals surface area (Å²) in [7, 11) is 0. The highest BCUT2D eigenvalue weighted by Crippen LogP contribution is 2.49. The molecule has 0 bridgehead atoms. The first-order chi connectivity index (χ1) is 10.1. The molecule has 110 valence electrons. The predicted molar refractivity (Wildman–Crippen MR) is 83.1 cm³/mol. The zero-order valence-electron chi connectivity index (χ0n) is 12.5. The van der Waals surface area contributed by atoms with Gasteiger partial charge in [-0.2, -0.15) is 5.10 Å². The Bertz CT molecular complexity index is 618. The quantitative estimate of drug-likeness (QED) is 0.911. The van der Waals surface area contributed by atoms with Crippen LogP contribution in [0, 0.1) is 5.92 Å². The molecule has 1 aliphatic carbocycles. The van der Waals surface area contributed by atoms with Crippen molar-refractivity contribution in [3.63, 3.8) is 0 Å². The molecule has 1 fully saturated rings. The highest BCUT2D eigenvalue weighted by molar-refractivity contribution is 5.90. The smallest absolute Gasteiger partial charge is 0.225 e. The number of hydrogen-bond acceptors (Lipinski definition) is 2. The van der Waals surface area contributed by atoms with E-state index in [9.17, 15) is 4.79 Å². The van der Waals surface area contributed by atoms with Crippen molar-refractivity contribution in [3.05, 3.63) is 48.2 Å². The lowest BCUT2D eigenvalue weighted by molar-refractivity contribution is -0.116. The number of amides is 1. The van der Waals surface area contributed by atoms with Gasteiger partial charge in [0.25, 0.3) is 0 Å². The van der Waals surface area contributed by atoms with Crippen molar-refractivity contribution in [3.8, 4) is 0 Å². The number of nitrogens with one attached hydrogen (secondary N) is 1. The van der Waals surface area contributed by atoms with E-state index in [2.05, 4.69) is 48.5 Å². The molecule has 2 atom stereocenters. The standard InChI is InChI=1S/C17H21N3O/c1-12(2)20-16(8-9-18-20)19-17(21)11-14-10-15(14)13-6-4-3-5-7-13/h3-9,12,14-15H,10-11H2,1-2H3,(H,19,21)/t14-,15-/m0/s1. The van der Waals surface area contributed by atoms with Gasteiger partial charge in [-0.1, -0.05) is 30.3 Å². The molecular formula is C17H21N3O. The van der Waals surface area contributed by atoms with Crippen LogP contribution in [0.2, 0.25) is 0 Å². The fraction of sp³-hybridized carbons (Fsp3) is 0.412. The van der Waals surface area contributed by atoms with Crippen molar-refractivity contribution in [1.82, 2.24) is 9.78 Å². The van der Waals surface area contributed by atoms with Gasteiger partial charge in [-0.05, 0) is 37.7 Å². The summed E-state index contributed by atoms with van der Waals surface area (Å²) in [6.07, 6.45) is 3.42. The Balaban J connectivity index is 1.55. The predicted octanol–water partition coefficient (Wildman–Crippen LogP) is 3.60. The van der Waals surface area contributed by atoms with E-state index in [-0.39, 0.29) is 11.9 Å². The SMILES string of the molecule is CC(C)n1nccc1NC(=O)C[C@@H]1C[C@H]1c1ccccc1. The van der Waals surface area contributed by atoms with E-state index in [1.165, 1.54) is 5.56 Å². The van der Waals surface area contributed by atoms with Crippen LogP contribution in [0.15, 0.2) is 42.6 Å². The summed E-state index contributed by atoms with van der Waals surface area (Å²) in [4.78, 5) is 12.2. The molecule has 0 radical (unpaired) electrons. The zero-order chi connectivity index (χ0) is 14.8. The Hall–Kier alpha value is -2.10. The van der Waals surface area contributed by atoms with Crippen LogP contribution in [-0.2, 0) is 4.79 Å². The van der Waals surface area contributed by atoms with Crippen molar-refractivity contribution in [2.75, 3.05) is 5.32 Å².